The molecule has 182 valence electrons. The fourth-order valence-electron chi connectivity index (χ4n) is 4.22. The van der Waals surface area contributed by atoms with E-state index in [0.29, 0.717) is 42.1 Å². The van der Waals surface area contributed by atoms with Crippen LogP contribution in [0.2, 0.25) is 0 Å². The van der Waals surface area contributed by atoms with Crippen LogP contribution in [-0.2, 0) is 19.6 Å². The molecule has 2 aromatic rings. The number of nitrogens with one attached hydrogen (secondary N) is 2. The quantitative estimate of drug-likeness (QED) is 0.647. The van der Waals surface area contributed by atoms with Crippen molar-refractivity contribution in [1.82, 2.24) is 4.31 Å². The lowest BCUT2D eigenvalue weighted by Crippen LogP contribution is -2.41. The maximum absolute atomic E-state index is 13.2. The third kappa shape index (κ3) is 4.74. The number of hydrogen-bond acceptors (Lipinski definition) is 6. The molecule has 0 radical (unpaired) electrons. The number of methoxy groups -OCH3 is 1. The molecule has 2 aliphatic rings. The van der Waals surface area contributed by atoms with E-state index in [0.717, 1.165) is 5.56 Å². The van der Waals surface area contributed by atoms with Gasteiger partial charge in [-0.25, -0.2) is 8.42 Å². The van der Waals surface area contributed by atoms with Crippen LogP contribution in [0.4, 0.5) is 11.4 Å². The second kappa shape index (κ2) is 9.63. The number of amides is 2. The van der Waals surface area contributed by atoms with Gasteiger partial charge in [-0.1, -0.05) is 13.0 Å². The lowest BCUT2D eigenvalue weighted by atomic mass is 9.97. The van der Waals surface area contributed by atoms with Crippen LogP contribution < -0.4 is 20.1 Å². The highest BCUT2D eigenvalue weighted by Gasteiger charge is 2.34. The van der Waals surface area contributed by atoms with Crippen LogP contribution >= 0.6 is 0 Å². The molecule has 0 bridgehead atoms. The maximum atomic E-state index is 13.2. The summed E-state index contributed by atoms with van der Waals surface area (Å²) < 4.78 is 38.8. The van der Waals surface area contributed by atoms with Crippen molar-refractivity contribution < 1.29 is 27.5 Å². The van der Waals surface area contributed by atoms with Crippen LogP contribution in [0.1, 0.15) is 31.7 Å². The number of anilines is 2. The minimum Gasteiger partial charge on any atom is -0.495 e. The lowest BCUT2D eigenvalue weighted by Gasteiger charge is -2.31. The van der Waals surface area contributed by atoms with Crippen molar-refractivity contribution in [3.8, 4) is 11.5 Å². The number of ether oxygens (including phenoxy) is 2. The highest BCUT2D eigenvalue weighted by Crippen LogP contribution is 2.34. The van der Waals surface area contributed by atoms with Crippen molar-refractivity contribution in [2.45, 2.75) is 44.1 Å². The summed E-state index contributed by atoms with van der Waals surface area (Å²) in [5, 5.41) is 5.64. The molecule has 0 spiro atoms. The Bertz CT molecular complexity index is 1210. The lowest BCUT2D eigenvalue weighted by molar-refractivity contribution is -0.123. The van der Waals surface area contributed by atoms with E-state index in [4.69, 9.17) is 9.47 Å². The fraction of sp³-hybridized carbons (Fsp3) is 0.417. The van der Waals surface area contributed by atoms with Crippen LogP contribution in [0.3, 0.4) is 0 Å². The Labute approximate surface area is 199 Å². The third-order valence-corrected chi connectivity index (χ3v) is 8.11. The number of benzene rings is 2. The van der Waals surface area contributed by atoms with Gasteiger partial charge in [0.25, 0.3) is 5.91 Å². The van der Waals surface area contributed by atoms with E-state index in [9.17, 15) is 18.0 Å². The van der Waals surface area contributed by atoms with Crippen molar-refractivity contribution >= 4 is 33.2 Å². The number of piperidine rings is 1. The highest BCUT2D eigenvalue weighted by molar-refractivity contribution is 7.89. The predicted octanol–water partition coefficient (Wildman–Crippen LogP) is 3.15. The molecule has 1 atom stereocenters. The number of rotatable bonds is 6. The summed E-state index contributed by atoms with van der Waals surface area (Å²) in [7, 11) is -2.24. The summed E-state index contributed by atoms with van der Waals surface area (Å²) >= 11 is 0. The average Bonchev–Trinajstić information content (AvgIpc) is 2.83. The van der Waals surface area contributed by atoms with Crippen LogP contribution in [0, 0.1) is 12.8 Å². The van der Waals surface area contributed by atoms with Crippen LogP contribution in [0.15, 0.2) is 41.3 Å². The fourth-order valence-corrected chi connectivity index (χ4v) is 5.72. The van der Waals surface area contributed by atoms with E-state index in [2.05, 4.69) is 10.6 Å². The summed E-state index contributed by atoms with van der Waals surface area (Å²) in [6.45, 7) is 4.22. The molecular weight excluding hydrogens is 458 g/mol. The number of aryl methyl sites for hydroxylation is 1. The molecule has 34 heavy (non-hydrogen) atoms. The zero-order valence-electron chi connectivity index (χ0n) is 19.5. The summed E-state index contributed by atoms with van der Waals surface area (Å²) in [4.78, 5) is 25.0. The molecule has 2 amide bonds. The first kappa shape index (κ1) is 24.0. The monoisotopic (exact) mass is 487 g/mol. The SMILES string of the molecule is CC[C@H]1Oc2ccc(S(=O)(=O)N3CCC(C(=O)Nc4cc(C)ccc4OC)CC3)cc2NC1=O. The number of carbonyl (C=O) groups excluding carboxylic acids is 2. The van der Waals surface area contributed by atoms with E-state index < -0.39 is 16.1 Å². The number of sulfonamides is 1. The largest absolute Gasteiger partial charge is 0.495 e. The van der Waals surface area contributed by atoms with Gasteiger partial charge in [0.15, 0.2) is 6.10 Å². The van der Waals surface area contributed by atoms with E-state index >= 15 is 0 Å². The van der Waals surface area contributed by atoms with Crippen molar-refractivity contribution in [3.05, 3.63) is 42.0 Å². The van der Waals surface area contributed by atoms with Gasteiger partial charge in [-0.05, 0) is 62.1 Å². The van der Waals surface area contributed by atoms with Crippen molar-refractivity contribution in [2.75, 3.05) is 30.8 Å². The van der Waals surface area contributed by atoms with E-state index in [1.807, 2.05) is 26.0 Å². The minimum absolute atomic E-state index is 0.0810. The normalized spacial score (nSPS) is 19.0. The van der Waals surface area contributed by atoms with E-state index in [-0.39, 0.29) is 35.7 Å². The van der Waals surface area contributed by atoms with E-state index in [1.54, 1.807) is 19.2 Å². The summed E-state index contributed by atoms with van der Waals surface area (Å²) in [6.07, 6.45) is 0.745. The van der Waals surface area contributed by atoms with Crippen LogP contribution in [-0.4, -0.2) is 50.8 Å². The third-order valence-electron chi connectivity index (χ3n) is 6.22. The molecule has 2 aromatic carbocycles. The Hall–Kier alpha value is -3.11. The van der Waals surface area contributed by atoms with Gasteiger partial charge in [0, 0.05) is 19.0 Å². The maximum Gasteiger partial charge on any atom is 0.265 e. The molecule has 0 aromatic heterocycles. The number of fused-ring (bicyclic) bond motifs is 1. The minimum atomic E-state index is -3.78. The molecule has 1 fully saturated rings. The first-order valence-electron chi connectivity index (χ1n) is 11.3. The molecular formula is C24H29N3O6S. The van der Waals surface area contributed by atoms with Gasteiger partial charge in [-0.2, -0.15) is 4.31 Å². The zero-order valence-corrected chi connectivity index (χ0v) is 20.3. The smallest absolute Gasteiger partial charge is 0.265 e. The van der Waals surface area contributed by atoms with Gasteiger partial charge >= 0.3 is 0 Å². The van der Waals surface area contributed by atoms with Gasteiger partial charge in [-0.15, -0.1) is 0 Å². The molecule has 4 rings (SSSR count). The molecule has 0 saturated carbocycles. The molecule has 1 saturated heterocycles. The Morgan fingerprint density at radius 2 is 1.94 bits per heavy atom. The molecule has 9 nitrogen and oxygen atoms in total. The summed E-state index contributed by atoms with van der Waals surface area (Å²) in [5.41, 5.74) is 1.94. The molecule has 0 aliphatic carbocycles. The number of hydrogen-bond donors (Lipinski definition) is 2. The Morgan fingerprint density at radius 3 is 2.62 bits per heavy atom. The Morgan fingerprint density at radius 1 is 1.21 bits per heavy atom. The predicted molar refractivity (Wildman–Crippen MR) is 128 cm³/mol. The van der Waals surface area contributed by atoms with Crippen LogP contribution in [0.5, 0.6) is 11.5 Å². The van der Waals surface area contributed by atoms with Gasteiger partial charge in [-0.3, -0.25) is 9.59 Å². The van der Waals surface area contributed by atoms with Crippen molar-refractivity contribution in [1.29, 1.82) is 0 Å². The highest BCUT2D eigenvalue weighted by atomic mass is 32.2. The number of carbonyl (C=O) groups is 2. The summed E-state index contributed by atoms with van der Waals surface area (Å²) in [5.74, 6) is 0.278. The van der Waals surface area contributed by atoms with Crippen molar-refractivity contribution in [3.63, 3.8) is 0 Å². The van der Waals surface area contributed by atoms with Crippen LogP contribution in [0.25, 0.3) is 0 Å². The summed E-state index contributed by atoms with van der Waals surface area (Å²) in [6, 6.07) is 10.0. The van der Waals surface area contributed by atoms with Gasteiger partial charge < -0.3 is 20.1 Å². The van der Waals surface area contributed by atoms with E-state index in [1.165, 1.54) is 16.4 Å². The molecule has 2 aliphatic heterocycles. The average molecular weight is 488 g/mol. The number of nitrogens with zero attached hydrogens (tertiary/aromatic N) is 1. The molecule has 0 unspecified atom stereocenters. The van der Waals surface area contributed by atoms with Gasteiger partial charge in [0.2, 0.25) is 15.9 Å². The molecule has 10 heteroatoms. The first-order valence-corrected chi connectivity index (χ1v) is 12.7. The molecule has 2 N–H and O–H groups in total. The van der Waals surface area contributed by atoms with Gasteiger partial charge in [0.05, 0.1) is 23.4 Å². The second-order valence-electron chi connectivity index (χ2n) is 8.53. The topological polar surface area (TPSA) is 114 Å². The van der Waals surface area contributed by atoms with Crippen molar-refractivity contribution in [2.24, 2.45) is 5.92 Å². The first-order chi connectivity index (χ1) is 16.2. The molecule has 2 heterocycles. The standard InChI is InChI=1S/C24H29N3O6S/c1-4-20-24(29)26-19-14-17(6-8-22(19)33-20)34(30,31)27-11-9-16(10-12-27)23(28)25-18-13-15(2)5-7-21(18)32-3/h5-8,13-14,16,20H,4,9-12H2,1-3H3,(H,25,28)(H,26,29)/t20-/m1/s1. The Balaban J connectivity index is 1.42. The Kier molecular flexibility index (Phi) is 6.81. The van der Waals surface area contributed by atoms with Gasteiger partial charge in [0.1, 0.15) is 11.5 Å². The zero-order chi connectivity index (χ0) is 24.5. The second-order valence-corrected chi connectivity index (χ2v) is 10.5.